The molecule has 1 aromatic rings. The highest BCUT2D eigenvalue weighted by Gasteiger charge is 2.18. The second-order valence-electron chi connectivity index (χ2n) is 7.18. The van der Waals surface area contributed by atoms with Crippen LogP contribution in [0.2, 0.25) is 0 Å². The molecular weight excluding hydrogens is 435 g/mol. The molecule has 1 saturated heterocycles. The molecule has 1 atom stereocenters. The highest BCUT2D eigenvalue weighted by Crippen LogP contribution is 2.23. The minimum atomic E-state index is -0.462. The molecule has 7 nitrogen and oxygen atoms in total. The van der Waals surface area contributed by atoms with Gasteiger partial charge in [-0.2, -0.15) is 5.10 Å². The zero-order valence-electron chi connectivity index (χ0n) is 15.3. The smallest absolute Gasteiger partial charge is 0.407 e. The van der Waals surface area contributed by atoms with Crippen LogP contribution in [-0.4, -0.2) is 47.7 Å². The summed E-state index contributed by atoms with van der Waals surface area (Å²) >= 11 is 2.28. The number of nitrogens with one attached hydrogen (secondary N) is 2. The summed E-state index contributed by atoms with van der Waals surface area (Å²) in [6.07, 6.45) is 6.08. The Morgan fingerprint density at radius 3 is 2.88 bits per heavy atom. The quantitative estimate of drug-likeness (QED) is 0.480. The van der Waals surface area contributed by atoms with Crippen LogP contribution in [0, 0.1) is 3.70 Å². The molecule has 8 heteroatoms. The second kappa shape index (κ2) is 9.72. The van der Waals surface area contributed by atoms with Gasteiger partial charge in [0.2, 0.25) is 0 Å². The largest absolute Gasteiger partial charge is 0.444 e. The SMILES string of the molecule is CC(C)(C)OC(=O)NCCNCCc1cn(C2CCCCO2)nc1I. The van der Waals surface area contributed by atoms with Crippen LogP contribution in [0.4, 0.5) is 4.79 Å². The van der Waals surface area contributed by atoms with Gasteiger partial charge in [-0.1, -0.05) is 0 Å². The lowest BCUT2D eigenvalue weighted by molar-refractivity contribution is -0.0397. The van der Waals surface area contributed by atoms with Crippen LogP contribution in [0.5, 0.6) is 0 Å². The molecule has 142 valence electrons. The van der Waals surface area contributed by atoms with Crippen molar-refractivity contribution in [2.75, 3.05) is 26.2 Å². The monoisotopic (exact) mass is 464 g/mol. The maximum absolute atomic E-state index is 11.5. The van der Waals surface area contributed by atoms with Crippen LogP contribution < -0.4 is 10.6 Å². The Hall–Kier alpha value is -0.870. The molecule has 0 saturated carbocycles. The molecule has 2 N–H and O–H groups in total. The number of halogens is 1. The van der Waals surface area contributed by atoms with Gasteiger partial charge in [0.15, 0.2) is 0 Å². The van der Waals surface area contributed by atoms with E-state index in [0.29, 0.717) is 13.1 Å². The van der Waals surface area contributed by atoms with Crippen LogP contribution in [0.25, 0.3) is 0 Å². The fraction of sp³-hybridized carbons (Fsp3) is 0.765. The van der Waals surface area contributed by atoms with E-state index in [1.54, 1.807) is 0 Å². The molecule has 1 aliphatic rings. The molecule has 2 rings (SSSR count). The topological polar surface area (TPSA) is 77.4 Å². The van der Waals surface area contributed by atoms with Crippen molar-refractivity contribution in [1.29, 1.82) is 0 Å². The molecule has 1 fully saturated rings. The summed E-state index contributed by atoms with van der Waals surface area (Å²) in [5, 5.41) is 10.6. The molecule has 1 unspecified atom stereocenters. The van der Waals surface area contributed by atoms with Gasteiger partial charge in [0.25, 0.3) is 0 Å². The van der Waals surface area contributed by atoms with E-state index >= 15 is 0 Å². The summed E-state index contributed by atoms with van der Waals surface area (Å²) in [6, 6.07) is 0. The highest BCUT2D eigenvalue weighted by atomic mass is 127. The van der Waals surface area contributed by atoms with Gasteiger partial charge in [0.1, 0.15) is 15.5 Å². The summed E-state index contributed by atoms with van der Waals surface area (Å²) in [4.78, 5) is 11.5. The summed E-state index contributed by atoms with van der Waals surface area (Å²) in [5.74, 6) is 0. The van der Waals surface area contributed by atoms with Crippen molar-refractivity contribution in [1.82, 2.24) is 20.4 Å². The first-order valence-electron chi connectivity index (χ1n) is 8.88. The molecule has 1 aliphatic heterocycles. The number of nitrogens with zero attached hydrogens (tertiary/aromatic N) is 2. The molecule has 0 aliphatic carbocycles. The van der Waals surface area contributed by atoms with Crippen LogP contribution >= 0.6 is 22.6 Å². The number of ether oxygens (including phenoxy) is 2. The van der Waals surface area contributed by atoms with E-state index in [-0.39, 0.29) is 12.3 Å². The van der Waals surface area contributed by atoms with Crippen LogP contribution in [-0.2, 0) is 15.9 Å². The van der Waals surface area contributed by atoms with Crippen molar-refractivity contribution < 1.29 is 14.3 Å². The van der Waals surface area contributed by atoms with Gasteiger partial charge in [-0.25, -0.2) is 9.48 Å². The lowest BCUT2D eigenvalue weighted by atomic mass is 10.2. The summed E-state index contributed by atoms with van der Waals surface area (Å²) < 4.78 is 14.0. The van der Waals surface area contributed by atoms with E-state index in [9.17, 15) is 4.79 Å². The number of carbonyl (C=O) groups excluding carboxylic acids is 1. The molecule has 2 heterocycles. The third kappa shape index (κ3) is 7.49. The van der Waals surface area contributed by atoms with E-state index in [1.165, 1.54) is 12.0 Å². The lowest BCUT2D eigenvalue weighted by Gasteiger charge is -2.22. The van der Waals surface area contributed by atoms with E-state index in [4.69, 9.17) is 9.47 Å². The molecular formula is C17H29IN4O3. The van der Waals surface area contributed by atoms with E-state index < -0.39 is 5.60 Å². The van der Waals surface area contributed by atoms with Gasteiger partial charge in [-0.15, -0.1) is 0 Å². The zero-order valence-corrected chi connectivity index (χ0v) is 17.5. The molecule has 0 spiro atoms. The standard InChI is InChI=1S/C17H29IN4O3/c1-17(2,3)25-16(23)20-10-9-19-8-7-13-12-22(21-15(13)18)14-6-4-5-11-24-14/h12,14,19H,4-11H2,1-3H3,(H,20,23). The van der Waals surface area contributed by atoms with Crippen molar-refractivity contribution in [3.8, 4) is 0 Å². The van der Waals surface area contributed by atoms with Gasteiger partial charge in [0.05, 0.1) is 0 Å². The number of alkyl carbamates (subject to hydrolysis) is 1. The van der Waals surface area contributed by atoms with Gasteiger partial charge >= 0.3 is 6.09 Å². The van der Waals surface area contributed by atoms with Crippen molar-refractivity contribution in [2.24, 2.45) is 0 Å². The van der Waals surface area contributed by atoms with Crippen molar-refractivity contribution in [3.05, 3.63) is 15.5 Å². The second-order valence-corrected chi connectivity index (χ2v) is 8.20. The fourth-order valence-electron chi connectivity index (χ4n) is 2.57. The van der Waals surface area contributed by atoms with Crippen LogP contribution in [0.3, 0.4) is 0 Å². The highest BCUT2D eigenvalue weighted by molar-refractivity contribution is 14.1. The number of rotatable bonds is 7. The normalized spacial score (nSPS) is 18.2. The first-order chi connectivity index (χ1) is 11.8. The molecule has 0 radical (unpaired) electrons. The third-order valence-corrected chi connectivity index (χ3v) is 4.66. The molecule has 1 amide bonds. The fourth-order valence-corrected chi connectivity index (χ4v) is 3.23. The predicted molar refractivity (Wildman–Crippen MR) is 105 cm³/mol. The maximum atomic E-state index is 11.5. The van der Waals surface area contributed by atoms with Gasteiger partial charge in [-0.05, 0) is 75.6 Å². The van der Waals surface area contributed by atoms with Gasteiger partial charge < -0.3 is 20.1 Å². The Morgan fingerprint density at radius 2 is 2.20 bits per heavy atom. The average Bonchev–Trinajstić information content (AvgIpc) is 2.91. The molecule has 25 heavy (non-hydrogen) atoms. The Kier molecular flexibility index (Phi) is 7.95. The van der Waals surface area contributed by atoms with Gasteiger partial charge in [0, 0.05) is 31.5 Å². The third-order valence-electron chi connectivity index (χ3n) is 3.75. The van der Waals surface area contributed by atoms with E-state index in [0.717, 1.165) is 36.1 Å². The first-order valence-corrected chi connectivity index (χ1v) is 9.96. The van der Waals surface area contributed by atoms with Crippen molar-refractivity contribution in [3.63, 3.8) is 0 Å². The minimum Gasteiger partial charge on any atom is -0.444 e. The minimum absolute atomic E-state index is 0.0852. The van der Waals surface area contributed by atoms with Gasteiger partial charge in [-0.3, -0.25) is 0 Å². The Balaban J connectivity index is 1.63. The van der Waals surface area contributed by atoms with E-state index in [1.807, 2.05) is 25.5 Å². The molecule has 0 bridgehead atoms. The average molecular weight is 464 g/mol. The Labute approximate surface area is 163 Å². The number of carbonyl (C=O) groups is 1. The lowest BCUT2D eigenvalue weighted by Crippen LogP contribution is -2.36. The van der Waals surface area contributed by atoms with Crippen LogP contribution in [0.15, 0.2) is 6.20 Å². The number of hydrogen-bond donors (Lipinski definition) is 2. The zero-order chi connectivity index (χ0) is 18.3. The number of aromatic nitrogens is 2. The summed E-state index contributed by atoms with van der Waals surface area (Å²) in [6.45, 7) is 8.46. The van der Waals surface area contributed by atoms with Crippen molar-refractivity contribution >= 4 is 28.7 Å². The maximum Gasteiger partial charge on any atom is 0.407 e. The van der Waals surface area contributed by atoms with Crippen LogP contribution in [0.1, 0.15) is 51.8 Å². The van der Waals surface area contributed by atoms with E-state index in [2.05, 4.69) is 44.5 Å². The molecule has 0 aromatic carbocycles. The Morgan fingerprint density at radius 1 is 1.40 bits per heavy atom. The van der Waals surface area contributed by atoms with Crippen molar-refractivity contribution in [2.45, 2.75) is 58.3 Å². The number of amides is 1. The number of hydrogen-bond acceptors (Lipinski definition) is 5. The summed E-state index contributed by atoms with van der Waals surface area (Å²) in [5.41, 5.74) is 0.763. The summed E-state index contributed by atoms with van der Waals surface area (Å²) in [7, 11) is 0. The predicted octanol–water partition coefficient (Wildman–Crippen LogP) is 2.84. The molecule has 1 aromatic heterocycles. The first kappa shape index (κ1) is 20.4. The Bertz CT molecular complexity index is 551.